The van der Waals surface area contributed by atoms with Crippen LogP contribution in [0.25, 0.3) is 0 Å². The highest BCUT2D eigenvalue weighted by Gasteiger charge is 2.16. The Morgan fingerprint density at radius 3 is 2.38 bits per heavy atom. The molecule has 13 heavy (non-hydrogen) atoms. The molecule has 0 aliphatic heterocycles. The van der Waals surface area contributed by atoms with E-state index < -0.39 is 0 Å². The van der Waals surface area contributed by atoms with Gasteiger partial charge in [-0.05, 0) is 13.8 Å². The number of allylic oxidation sites excluding steroid dienone is 1. The Bertz CT molecular complexity index is 192. The van der Waals surface area contributed by atoms with Crippen molar-refractivity contribution in [3.05, 3.63) is 12.3 Å². The van der Waals surface area contributed by atoms with Crippen LogP contribution in [-0.2, 0) is 4.74 Å². The number of nitrogens with zero attached hydrogens (tertiary/aromatic N) is 2. The number of methoxy groups -OCH3 is 1. The zero-order valence-electron chi connectivity index (χ0n) is 8.94. The molecule has 0 bridgehead atoms. The average Bonchev–Trinajstić information content (AvgIpc) is 2.14. The lowest BCUT2D eigenvalue weighted by Gasteiger charge is -2.26. The third-order valence-corrected chi connectivity index (χ3v) is 1.86. The van der Waals surface area contributed by atoms with E-state index in [9.17, 15) is 4.79 Å². The quantitative estimate of drug-likeness (QED) is 0.626. The highest BCUT2D eigenvalue weighted by Crippen LogP contribution is 2.01. The number of carbonyl (C=O) groups excluding carboxylic acids is 1. The molecule has 4 heteroatoms. The Hall–Kier alpha value is -1.03. The van der Waals surface area contributed by atoms with Gasteiger partial charge in [-0.1, -0.05) is 6.08 Å². The summed E-state index contributed by atoms with van der Waals surface area (Å²) in [5, 5.41) is 0. The van der Waals surface area contributed by atoms with Crippen LogP contribution < -0.4 is 0 Å². The first kappa shape index (κ1) is 12.0. The molecule has 0 rings (SSSR count). The van der Waals surface area contributed by atoms with Crippen LogP contribution in [0.1, 0.15) is 13.8 Å². The van der Waals surface area contributed by atoms with Gasteiger partial charge in [-0.15, -0.1) is 0 Å². The second-order valence-corrected chi connectivity index (χ2v) is 2.82. The molecular formula is C9H18N2O2. The van der Waals surface area contributed by atoms with Gasteiger partial charge in [0.1, 0.15) is 6.23 Å². The summed E-state index contributed by atoms with van der Waals surface area (Å²) in [6.07, 6.45) is 3.31. The van der Waals surface area contributed by atoms with Crippen LogP contribution in [0, 0.1) is 0 Å². The van der Waals surface area contributed by atoms with Crippen LogP contribution in [0.3, 0.4) is 0 Å². The van der Waals surface area contributed by atoms with Gasteiger partial charge < -0.3 is 14.5 Å². The Labute approximate surface area is 79.8 Å². The Balaban J connectivity index is 4.24. The minimum absolute atomic E-state index is 0.0903. The van der Waals surface area contributed by atoms with E-state index in [0.717, 1.165) is 0 Å². The molecule has 0 radical (unpaired) electrons. The van der Waals surface area contributed by atoms with Crippen LogP contribution in [0.2, 0.25) is 0 Å². The van der Waals surface area contributed by atoms with Crippen molar-refractivity contribution in [2.24, 2.45) is 0 Å². The molecule has 0 spiro atoms. The summed E-state index contributed by atoms with van der Waals surface area (Å²) in [6.45, 7) is 3.69. The fourth-order valence-electron chi connectivity index (χ4n) is 0.850. The predicted molar refractivity (Wildman–Crippen MR) is 52.2 cm³/mol. The number of urea groups is 1. The summed E-state index contributed by atoms with van der Waals surface area (Å²) in [4.78, 5) is 14.6. The Morgan fingerprint density at radius 1 is 1.46 bits per heavy atom. The van der Waals surface area contributed by atoms with Gasteiger partial charge in [0.2, 0.25) is 0 Å². The lowest BCUT2D eigenvalue weighted by molar-refractivity contribution is 0.0134. The normalized spacial score (nSPS) is 13.0. The van der Waals surface area contributed by atoms with E-state index in [1.807, 2.05) is 19.9 Å². The van der Waals surface area contributed by atoms with Gasteiger partial charge in [-0.25, -0.2) is 4.79 Å². The maximum Gasteiger partial charge on any atom is 0.325 e. The molecule has 0 aromatic carbocycles. The minimum atomic E-state index is -0.208. The summed E-state index contributed by atoms with van der Waals surface area (Å²) in [5.41, 5.74) is 0. The second kappa shape index (κ2) is 5.59. The molecule has 0 fully saturated rings. The molecule has 0 aliphatic rings. The van der Waals surface area contributed by atoms with E-state index in [1.54, 1.807) is 27.4 Å². The van der Waals surface area contributed by atoms with Crippen molar-refractivity contribution in [2.45, 2.75) is 20.1 Å². The monoisotopic (exact) mass is 186 g/mol. The summed E-state index contributed by atoms with van der Waals surface area (Å²) in [7, 11) is 4.99. The van der Waals surface area contributed by atoms with Crippen molar-refractivity contribution < 1.29 is 9.53 Å². The second-order valence-electron chi connectivity index (χ2n) is 2.82. The Morgan fingerprint density at radius 2 is 2.00 bits per heavy atom. The zero-order valence-corrected chi connectivity index (χ0v) is 8.94. The van der Waals surface area contributed by atoms with Crippen LogP contribution in [0.15, 0.2) is 12.3 Å². The third kappa shape index (κ3) is 3.46. The first-order chi connectivity index (χ1) is 6.04. The molecule has 0 aromatic rings. The van der Waals surface area contributed by atoms with E-state index in [-0.39, 0.29) is 12.3 Å². The van der Waals surface area contributed by atoms with E-state index >= 15 is 0 Å². The molecule has 1 atom stereocenters. The molecular weight excluding hydrogens is 168 g/mol. The molecule has 0 heterocycles. The number of ether oxygens (including phenoxy) is 1. The summed E-state index contributed by atoms with van der Waals surface area (Å²) in [5.74, 6) is 0. The van der Waals surface area contributed by atoms with Gasteiger partial charge in [0.25, 0.3) is 0 Å². The highest BCUT2D eigenvalue weighted by atomic mass is 16.5. The fraction of sp³-hybridized carbons (Fsp3) is 0.667. The molecule has 1 unspecified atom stereocenters. The van der Waals surface area contributed by atoms with Crippen LogP contribution >= 0.6 is 0 Å². The molecule has 4 nitrogen and oxygen atoms in total. The van der Waals surface area contributed by atoms with Crippen molar-refractivity contribution >= 4 is 6.03 Å². The van der Waals surface area contributed by atoms with Crippen LogP contribution in [0.4, 0.5) is 4.79 Å². The largest absolute Gasteiger partial charge is 0.362 e. The summed E-state index contributed by atoms with van der Waals surface area (Å²) >= 11 is 0. The third-order valence-electron chi connectivity index (χ3n) is 1.86. The highest BCUT2D eigenvalue weighted by molar-refractivity contribution is 5.75. The molecule has 0 N–H and O–H groups in total. The van der Waals surface area contributed by atoms with Gasteiger partial charge in [-0.2, -0.15) is 0 Å². The van der Waals surface area contributed by atoms with Gasteiger partial charge >= 0.3 is 6.03 Å². The maximum absolute atomic E-state index is 11.6. The van der Waals surface area contributed by atoms with Gasteiger partial charge in [-0.3, -0.25) is 0 Å². The first-order valence-corrected chi connectivity index (χ1v) is 4.19. The first-order valence-electron chi connectivity index (χ1n) is 4.19. The summed E-state index contributed by atoms with van der Waals surface area (Å²) < 4.78 is 5.02. The number of amides is 2. The van der Waals surface area contributed by atoms with Crippen molar-refractivity contribution in [1.82, 2.24) is 9.80 Å². The number of hydrogen-bond donors (Lipinski definition) is 0. The van der Waals surface area contributed by atoms with Gasteiger partial charge in [0.15, 0.2) is 0 Å². The lowest BCUT2D eigenvalue weighted by atomic mass is 10.5. The zero-order chi connectivity index (χ0) is 10.4. The van der Waals surface area contributed by atoms with E-state index in [0.29, 0.717) is 0 Å². The molecule has 2 amide bonds. The SMILES string of the molecule is C/C=C/N(C)C(=O)N(C)C(C)OC. The summed E-state index contributed by atoms with van der Waals surface area (Å²) in [6, 6.07) is -0.0903. The van der Waals surface area contributed by atoms with E-state index in [2.05, 4.69) is 0 Å². The lowest BCUT2D eigenvalue weighted by Crippen LogP contribution is -2.42. The molecule has 0 saturated carbocycles. The van der Waals surface area contributed by atoms with Crippen molar-refractivity contribution in [2.75, 3.05) is 21.2 Å². The van der Waals surface area contributed by atoms with Crippen molar-refractivity contribution in [1.29, 1.82) is 0 Å². The van der Waals surface area contributed by atoms with Crippen LogP contribution in [-0.4, -0.2) is 43.3 Å². The molecule has 0 aliphatic carbocycles. The molecule has 0 saturated heterocycles. The predicted octanol–water partition coefficient (Wildman–Crippen LogP) is 1.50. The van der Waals surface area contributed by atoms with E-state index in [1.165, 1.54) is 9.80 Å². The van der Waals surface area contributed by atoms with Gasteiger partial charge in [0.05, 0.1) is 0 Å². The molecule has 76 valence electrons. The maximum atomic E-state index is 11.6. The number of carbonyl (C=O) groups is 1. The van der Waals surface area contributed by atoms with Crippen molar-refractivity contribution in [3.8, 4) is 0 Å². The molecule has 0 aromatic heterocycles. The topological polar surface area (TPSA) is 32.8 Å². The average molecular weight is 186 g/mol. The van der Waals surface area contributed by atoms with Gasteiger partial charge in [0, 0.05) is 27.4 Å². The smallest absolute Gasteiger partial charge is 0.325 e. The minimum Gasteiger partial charge on any atom is -0.362 e. The standard InChI is InChI=1S/C9H18N2O2/c1-6-7-10(3)9(12)11(4)8(2)13-5/h6-8H,1-5H3/b7-6+. The number of hydrogen-bond acceptors (Lipinski definition) is 2. The van der Waals surface area contributed by atoms with Crippen molar-refractivity contribution in [3.63, 3.8) is 0 Å². The Kier molecular flexibility index (Phi) is 5.14. The fourth-order valence-corrected chi connectivity index (χ4v) is 0.850. The van der Waals surface area contributed by atoms with E-state index in [4.69, 9.17) is 4.74 Å². The number of rotatable bonds is 3. The van der Waals surface area contributed by atoms with Crippen LogP contribution in [0.5, 0.6) is 0 Å².